The van der Waals surface area contributed by atoms with Crippen molar-refractivity contribution in [2.75, 3.05) is 0 Å². The SMILES string of the molecule is CCC(C)(C)Cc1ccc(C)cc1Cl. The third kappa shape index (κ3) is 3.02. The van der Waals surface area contributed by atoms with Crippen LogP contribution in [-0.4, -0.2) is 0 Å². The van der Waals surface area contributed by atoms with Crippen molar-refractivity contribution in [3.63, 3.8) is 0 Å². The predicted molar refractivity (Wildman–Crippen MR) is 64.0 cm³/mol. The highest BCUT2D eigenvalue weighted by molar-refractivity contribution is 6.31. The fourth-order valence-electron chi connectivity index (χ4n) is 1.44. The van der Waals surface area contributed by atoms with Crippen LogP contribution in [0.15, 0.2) is 18.2 Å². The van der Waals surface area contributed by atoms with Crippen LogP contribution in [0.5, 0.6) is 0 Å². The minimum Gasteiger partial charge on any atom is -0.0840 e. The molecule has 0 saturated carbocycles. The third-order valence-electron chi connectivity index (χ3n) is 2.83. The zero-order valence-electron chi connectivity index (χ0n) is 9.52. The smallest absolute Gasteiger partial charge is 0.0440 e. The summed E-state index contributed by atoms with van der Waals surface area (Å²) in [5, 5.41) is 0.909. The topological polar surface area (TPSA) is 0 Å². The van der Waals surface area contributed by atoms with E-state index in [2.05, 4.69) is 39.8 Å². The van der Waals surface area contributed by atoms with Crippen LogP contribution in [0.4, 0.5) is 0 Å². The van der Waals surface area contributed by atoms with Crippen LogP contribution in [0.1, 0.15) is 38.3 Å². The van der Waals surface area contributed by atoms with Gasteiger partial charge in [-0.1, -0.05) is 50.9 Å². The maximum Gasteiger partial charge on any atom is 0.0440 e. The van der Waals surface area contributed by atoms with Gasteiger partial charge < -0.3 is 0 Å². The second kappa shape index (κ2) is 4.35. The minimum atomic E-state index is 0.346. The van der Waals surface area contributed by atoms with Crippen LogP contribution in [0.2, 0.25) is 5.02 Å². The molecule has 0 aliphatic heterocycles. The first-order chi connectivity index (χ1) is 6.44. The van der Waals surface area contributed by atoms with E-state index in [-0.39, 0.29) is 0 Å². The maximum absolute atomic E-state index is 6.19. The van der Waals surface area contributed by atoms with Gasteiger partial charge >= 0.3 is 0 Å². The van der Waals surface area contributed by atoms with Crippen LogP contribution in [0, 0.1) is 12.3 Å². The van der Waals surface area contributed by atoms with Gasteiger partial charge in [0.15, 0.2) is 0 Å². The Morgan fingerprint density at radius 1 is 1.29 bits per heavy atom. The Bertz CT molecular complexity index is 313. The standard InChI is InChI=1S/C13H19Cl/c1-5-13(3,4)9-11-7-6-10(2)8-12(11)14/h6-8H,5,9H2,1-4H3. The van der Waals surface area contributed by atoms with Gasteiger partial charge in [-0.05, 0) is 36.0 Å². The second-order valence-corrected chi connectivity index (χ2v) is 5.20. The molecule has 1 rings (SSSR count). The van der Waals surface area contributed by atoms with Gasteiger partial charge in [0.2, 0.25) is 0 Å². The molecular formula is C13H19Cl. The largest absolute Gasteiger partial charge is 0.0840 e. The van der Waals surface area contributed by atoms with Crippen molar-refractivity contribution >= 4 is 11.6 Å². The Kier molecular flexibility index (Phi) is 3.60. The Morgan fingerprint density at radius 3 is 2.43 bits per heavy atom. The van der Waals surface area contributed by atoms with Crippen molar-refractivity contribution in [3.8, 4) is 0 Å². The fraction of sp³-hybridized carbons (Fsp3) is 0.538. The molecule has 1 heteroatoms. The summed E-state index contributed by atoms with van der Waals surface area (Å²) in [6, 6.07) is 6.32. The highest BCUT2D eigenvalue weighted by Gasteiger charge is 2.17. The summed E-state index contributed by atoms with van der Waals surface area (Å²) in [6.45, 7) is 8.86. The molecule has 0 aliphatic carbocycles. The molecule has 0 amide bonds. The molecule has 0 heterocycles. The lowest BCUT2D eigenvalue weighted by atomic mass is 9.83. The molecule has 0 unspecified atom stereocenters. The van der Waals surface area contributed by atoms with Crippen LogP contribution in [0.3, 0.4) is 0 Å². The van der Waals surface area contributed by atoms with Crippen LogP contribution in [-0.2, 0) is 6.42 Å². The number of hydrogen-bond acceptors (Lipinski definition) is 0. The molecule has 0 aromatic heterocycles. The predicted octanol–water partition coefficient (Wildman–Crippen LogP) is 4.63. The summed E-state index contributed by atoms with van der Waals surface area (Å²) < 4.78 is 0. The zero-order chi connectivity index (χ0) is 10.8. The van der Waals surface area contributed by atoms with Gasteiger partial charge in [-0.2, -0.15) is 0 Å². The molecule has 0 radical (unpaired) electrons. The van der Waals surface area contributed by atoms with E-state index in [0.29, 0.717) is 5.41 Å². The Labute approximate surface area is 92.3 Å². The first kappa shape index (κ1) is 11.6. The molecule has 0 atom stereocenters. The molecule has 0 saturated heterocycles. The number of halogens is 1. The summed E-state index contributed by atoms with van der Waals surface area (Å²) in [6.07, 6.45) is 2.24. The summed E-state index contributed by atoms with van der Waals surface area (Å²) in [7, 11) is 0. The highest BCUT2D eigenvalue weighted by Crippen LogP contribution is 2.29. The molecule has 0 spiro atoms. The van der Waals surface area contributed by atoms with Gasteiger partial charge in [-0.15, -0.1) is 0 Å². The Morgan fingerprint density at radius 2 is 1.93 bits per heavy atom. The van der Waals surface area contributed by atoms with E-state index in [4.69, 9.17) is 11.6 Å². The first-order valence-electron chi connectivity index (χ1n) is 5.19. The minimum absolute atomic E-state index is 0.346. The average molecular weight is 211 g/mol. The van der Waals surface area contributed by atoms with Crippen LogP contribution >= 0.6 is 11.6 Å². The number of aryl methyl sites for hydroxylation is 1. The molecule has 0 fully saturated rings. The molecule has 1 aromatic carbocycles. The molecular weight excluding hydrogens is 192 g/mol. The summed E-state index contributed by atoms with van der Waals surface area (Å²) >= 11 is 6.19. The molecule has 14 heavy (non-hydrogen) atoms. The fourth-order valence-corrected chi connectivity index (χ4v) is 1.74. The molecule has 0 aliphatic rings. The normalized spacial score (nSPS) is 11.8. The zero-order valence-corrected chi connectivity index (χ0v) is 10.3. The highest BCUT2D eigenvalue weighted by atomic mass is 35.5. The molecule has 0 nitrogen and oxygen atoms in total. The van der Waals surface area contributed by atoms with Crippen molar-refractivity contribution in [1.29, 1.82) is 0 Å². The van der Waals surface area contributed by atoms with E-state index in [1.54, 1.807) is 0 Å². The maximum atomic E-state index is 6.19. The number of benzene rings is 1. The van der Waals surface area contributed by atoms with E-state index in [9.17, 15) is 0 Å². The van der Waals surface area contributed by atoms with Crippen LogP contribution in [0.25, 0.3) is 0 Å². The van der Waals surface area contributed by atoms with Crippen molar-refractivity contribution in [3.05, 3.63) is 34.3 Å². The van der Waals surface area contributed by atoms with Gasteiger partial charge in [0.25, 0.3) is 0 Å². The first-order valence-corrected chi connectivity index (χ1v) is 5.57. The van der Waals surface area contributed by atoms with E-state index in [0.717, 1.165) is 11.4 Å². The van der Waals surface area contributed by atoms with E-state index in [1.807, 2.05) is 6.07 Å². The Balaban J connectivity index is 2.87. The summed E-state index contributed by atoms with van der Waals surface area (Å²) in [5.41, 5.74) is 2.84. The molecule has 0 bridgehead atoms. The van der Waals surface area contributed by atoms with Gasteiger partial charge in [0, 0.05) is 5.02 Å². The number of rotatable bonds is 3. The lowest BCUT2D eigenvalue weighted by Gasteiger charge is -2.23. The Hall–Kier alpha value is -0.490. The van der Waals surface area contributed by atoms with Crippen molar-refractivity contribution < 1.29 is 0 Å². The summed E-state index contributed by atoms with van der Waals surface area (Å²) in [5.74, 6) is 0. The van der Waals surface area contributed by atoms with Crippen molar-refractivity contribution in [2.24, 2.45) is 5.41 Å². The van der Waals surface area contributed by atoms with Gasteiger partial charge in [-0.25, -0.2) is 0 Å². The van der Waals surface area contributed by atoms with E-state index in [1.165, 1.54) is 17.5 Å². The molecule has 78 valence electrons. The quantitative estimate of drug-likeness (QED) is 0.683. The van der Waals surface area contributed by atoms with Crippen molar-refractivity contribution in [2.45, 2.75) is 40.5 Å². The third-order valence-corrected chi connectivity index (χ3v) is 3.19. The van der Waals surface area contributed by atoms with Crippen molar-refractivity contribution in [1.82, 2.24) is 0 Å². The van der Waals surface area contributed by atoms with Gasteiger partial charge in [0.1, 0.15) is 0 Å². The average Bonchev–Trinajstić information content (AvgIpc) is 2.10. The lowest BCUT2D eigenvalue weighted by Crippen LogP contribution is -2.13. The lowest BCUT2D eigenvalue weighted by molar-refractivity contribution is 0.349. The van der Waals surface area contributed by atoms with Crippen LogP contribution < -0.4 is 0 Å². The molecule has 0 N–H and O–H groups in total. The van der Waals surface area contributed by atoms with Gasteiger partial charge in [0.05, 0.1) is 0 Å². The second-order valence-electron chi connectivity index (χ2n) is 4.79. The van der Waals surface area contributed by atoms with Gasteiger partial charge in [-0.3, -0.25) is 0 Å². The van der Waals surface area contributed by atoms with E-state index < -0.39 is 0 Å². The summed E-state index contributed by atoms with van der Waals surface area (Å²) in [4.78, 5) is 0. The molecule has 1 aromatic rings. The van der Waals surface area contributed by atoms with E-state index >= 15 is 0 Å². The number of hydrogen-bond donors (Lipinski definition) is 0. The monoisotopic (exact) mass is 210 g/mol.